The van der Waals surface area contributed by atoms with Crippen LogP contribution in [0.2, 0.25) is 0 Å². The average molecular weight is 401 g/mol. The Kier molecular flexibility index (Phi) is 5.16. The van der Waals surface area contributed by atoms with Crippen LogP contribution in [0.3, 0.4) is 0 Å². The number of piperidine rings is 1. The van der Waals surface area contributed by atoms with Crippen molar-refractivity contribution in [1.82, 2.24) is 24.9 Å². The third-order valence-electron chi connectivity index (χ3n) is 5.54. The highest BCUT2D eigenvalue weighted by atomic mass is 16.5. The Balaban J connectivity index is 1.48. The van der Waals surface area contributed by atoms with Crippen LogP contribution in [0.4, 0.5) is 0 Å². The van der Waals surface area contributed by atoms with Crippen molar-refractivity contribution in [2.45, 2.75) is 51.9 Å². The summed E-state index contributed by atoms with van der Waals surface area (Å²) in [5.41, 5.74) is -0.353. The second-order valence-electron chi connectivity index (χ2n) is 8.26. The highest BCUT2D eigenvalue weighted by Gasteiger charge is 2.47. The van der Waals surface area contributed by atoms with E-state index in [9.17, 15) is 9.59 Å². The van der Waals surface area contributed by atoms with Gasteiger partial charge in [0.2, 0.25) is 0 Å². The number of likely N-dealkylation sites (tertiary alicyclic amines) is 1. The molecule has 156 valence electrons. The molecule has 4 heterocycles. The fourth-order valence-corrected chi connectivity index (χ4v) is 3.99. The number of hydrogen-bond donors (Lipinski definition) is 1. The lowest BCUT2D eigenvalue weighted by molar-refractivity contribution is -0.172. The number of ether oxygens (including phenoxy) is 1. The second-order valence-corrected chi connectivity index (χ2v) is 8.26. The summed E-state index contributed by atoms with van der Waals surface area (Å²) < 4.78 is 13.4. The molecule has 2 amide bonds. The van der Waals surface area contributed by atoms with E-state index < -0.39 is 11.7 Å². The Morgan fingerprint density at radius 3 is 2.76 bits per heavy atom. The molecule has 0 saturated carbocycles. The summed E-state index contributed by atoms with van der Waals surface area (Å²) in [7, 11) is 0. The molecule has 9 heteroatoms. The van der Waals surface area contributed by atoms with E-state index in [2.05, 4.69) is 29.3 Å². The van der Waals surface area contributed by atoms with E-state index in [0.29, 0.717) is 56.4 Å². The maximum absolute atomic E-state index is 12.7. The quantitative estimate of drug-likeness (QED) is 0.833. The topological polar surface area (TPSA) is 102 Å². The van der Waals surface area contributed by atoms with Crippen LogP contribution in [0.15, 0.2) is 23.0 Å². The number of aromatic nitrogens is 3. The van der Waals surface area contributed by atoms with E-state index >= 15 is 0 Å². The van der Waals surface area contributed by atoms with Crippen molar-refractivity contribution in [3.8, 4) is 0 Å². The van der Waals surface area contributed by atoms with Crippen LogP contribution < -0.4 is 5.32 Å². The fraction of sp³-hybridized carbons (Fsp3) is 0.600. The van der Waals surface area contributed by atoms with E-state index in [-0.39, 0.29) is 11.8 Å². The van der Waals surface area contributed by atoms with Gasteiger partial charge in [-0.05, 0) is 12.8 Å². The fourth-order valence-electron chi connectivity index (χ4n) is 3.99. The van der Waals surface area contributed by atoms with Gasteiger partial charge in [-0.1, -0.05) is 19.0 Å². The third kappa shape index (κ3) is 3.78. The second kappa shape index (κ2) is 7.62. The Morgan fingerprint density at radius 2 is 2.10 bits per heavy atom. The van der Waals surface area contributed by atoms with Crippen LogP contribution in [-0.2, 0) is 21.7 Å². The molecular formula is C20H27N5O4. The molecule has 0 radical (unpaired) electrons. The molecular weight excluding hydrogens is 374 g/mol. The molecule has 1 spiro atoms. The van der Waals surface area contributed by atoms with Gasteiger partial charge in [0.1, 0.15) is 17.2 Å². The molecule has 2 aromatic heterocycles. The predicted octanol–water partition coefficient (Wildman–Crippen LogP) is 1.48. The molecule has 2 aliphatic heterocycles. The van der Waals surface area contributed by atoms with Gasteiger partial charge in [-0.15, -0.1) is 0 Å². The summed E-state index contributed by atoms with van der Waals surface area (Å²) in [4.78, 5) is 31.6. The molecule has 0 aromatic carbocycles. The zero-order chi connectivity index (χ0) is 20.6. The summed E-state index contributed by atoms with van der Waals surface area (Å²) >= 11 is 0. The van der Waals surface area contributed by atoms with Crippen molar-refractivity contribution in [3.05, 3.63) is 35.7 Å². The summed E-state index contributed by atoms with van der Waals surface area (Å²) in [6.45, 7) is 7.93. The van der Waals surface area contributed by atoms with Gasteiger partial charge in [-0.3, -0.25) is 9.59 Å². The summed E-state index contributed by atoms with van der Waals surface area (Å²) in [5, 5.41) is 6.79. The van der Waals surface area contributed by atoms with Crippen LogP contribution in [0.1, 0.15) is 48.8 Å². The van der Waals surface area contributed by atoms with Crippen LogP contribution in [0.5, 0.6) is 0 Å². The minimum atomic E-state index is -0.669. The number of carbonyl (C=O) groups is 2. The van der Waals surface area contributed by atoms with Crippen LogP contribution >= 0.6 is 0 Å². The number of nitrogens with one attached hydrogen (secondary N) is 1. The highest BCUT2D eigenvalue weighted by Crippen LogP contribution is 2.40. The number of amides is 2. The molecule has 2 aromatic rings. The van der Waals surface area contributed by atoms with Gasteiger partial charge < -0.3 is 24.0 Å². The van der Waals surface area contributed by atoms with Crippen molar-refractivity contribution >= 4 is 11.8 Å². The molecule has 1 fully saturated rings. The van der Waals surface area contributed by atoms with Crippen LogP contribution in [0.25, 0.3) is 0 Å². The van der Waals surface area contributed by atoms with E-state index in [1.807, 2.05) is 10.8 Å². The Bertz CT molecular complexity index is 894. The van der Waals surface area contributed by atoms with Crippen molar-refractivity contribution < 1.29 is 18.8 Å². The smallest absolute Gasteiger partial charge is 0.276 e. The average Bonchev–Trinajstić information content (AvgIpc) is 3.35. The zero-order valence-corrected chi connectivity index (χ0v) is 17.1. The van der Waals surface area contributed by atoms with Crippen LogP contribution in [-0.4, -0.2) is 57.2 Å². The minimum absolute atomic E-state index is 0.103. The molecule has 9 nitrogen and oxygen atoms in total. The number of imidazole rings is 1. The first-order valence-electron chi connectivity index (χ1n) is 10.1. The Hall–Kier alpha value is -2.68. The largest absolute Gasteiger partial charge is 0.361 e. The van der Waals surface area contributed by atoms with Gasteiger partial charge in [0.15, 0.2) is 11.8 Å². The lowest BCUT2D eigenvalue weighted by Crippen LogP contribution is -2.55. The van der Waals surface area contributed by atoms with Gasteiger partial charge in [0.05, 0.1) is 6.54 Å². The number of nitrogens with zero attached hydrogens (tertiary/aromatic N) is 4. The van der Waals surface area contributed by atoms with Gasteiger partial charge >= 0.3 is 0 Å². The van der Waals surface area contributed by atoms with Gasteiger partial charge in [0, 0.05) is 50.9 Å². The maximum Gasteiger partial charge on any atom is 0.276 e. The lowest BCUT2D eigenvalue weighted by atomic mass is 9.88. The number of aryl methyl sites for hydroxylation is 1. The standard InChI is InChI=1S/C20H27N5O4/c1-13(2)11-22-17(26)16-12-25-9-6-21-19(25)20(28-16)4-7-24(8-5-20)18(27)15-10-14(3)29-23-15/h6,9-10,13,16H,4-5,7-8,11-12H2,1-3H3,(H,22,26)/t16-/m0/s1. The lowest BCUT2D eigenvalue weighted by Gasteiger charge is -2.45. The van der Waals surface area contributed by atoms with Gasteiger partial charge in [-0.25, -0.2) is 4.98 Å². The Morgan fingerprint density at radius 1 is 1.34 bits per heavy atom. The first-order chi connectivity index (χ1) is 13.9. The molecule has 1 saturated heterocycles. The van der Waals surface area contributed by atoms with E-state index in [4.69, 9.17) is 9.26 Å². The minimum Gasteiger partial charge on any atom is -0.361 e. The van der Waals surface area contributed by atoms with Gasteiger partial charge in [0.25, 0.3) is 11.8 Å². The molecule has 0 unspecified atom stereocenters. The van der Waals surface area contributed by atoms with E-state index in [0.717, 1.165) is 5.82 Å². The van der Waals surface area contributed by atoms with Crippen molar-refractivity contribution in [2.75, 3.05) is 19.6 Å². The zero-order valence-electron chi connectivity index (χ0n) is 17.1. The first kappa shape index (κ1) is 19.6. The van der Waals surface area contributed by atoms with E-state index in [1.54, 1.807) is 24.1 Å². The SMILES string of the molecule is Cc1cc(C(=O)N2CCC3(CC2)O[C@H](C(=O)NCC(C)C)Cn2ccnc23)no1. The first-order valence-corrected chi connectivity index (χ1v) is 10.1. The highest BCUT2D eigenvalue weighted by molar-refractivity contribution is 5.92. The molecule has 1 atom stereocenters. The summed E-state index contributed by atoms with van der Waals surface area (Å²) in [6.07, 6.45) is 4.19. The van der Waals surface area contributed by atoms with Crippen molar-refractivity contribution in [2.24, 2.45) is 5.92 Å². The maximum atomic E-state index is 12.7. The van der Waals surface area contributed by atoms with Gasteiger partial charge in [-0.2, -0.15) is 0 Å². The number of carbonyl (C=O) groups excluding carboxylic acids is 2. The predicted molar refractivity (Wildman–Crippen MR) is 103 cm³/mol. The molecule has 2 aliphatic rings. The molecule has 1 N–H and O–H groups in total. The normalized spacial score (nSPS) is 20.7. The third-order valence-corrected chi connectivity index (χ3v) is 5.54. The monoisotopic (exact) mass is 401 g/mol. The summed E-state index contributed by atoms with van der Waals surface area (Å²) in [6, 6.07) is 1.64. The van der Waals surface area contributed by atoms with E-state index in [1.165, 1.54) is 0 Å². The number of rotatable bonds is 4. The Labute approximate surface area is 169 Å². The molecule has 29 heavy (non-hydrogen) atoms. The number of fused-ring (bicyclic) bond motifs is 2. The molecule has 0 bridgehead atoms. The molecule has 4 rings (SSSR count). The molecule has 0 aliphatic carbocycles. The van der Waals surface area contributed by atoms with Crippen LogP contribution in [0, 0.1) is 12.8 Å². The van der Waals surface area contributed by atoms with Crippen molar-refractivity contribution in [3.63, 3.8) is 0 Å². The summed E-state index contributed by atoms with van der Waals surface area (Å²) in [5.74, 6) is 1.55. The number of hydrogen-bond acceptors (Lipinski definition) is 6. The van der Waals surface area contributed by atoms with Crippen molar-refractivity contribution in [1.29, 1.82) is 0 Å².